The molecule has 0 bridgehead atoms. The molecule has 3 nitrogen and oxygen atoms in total. The molecule has 0 aliphatic carbocycles. The molecule has 1 heterocycles. The van der Waals surface area contributed by atoms with E-state index in [2.05, 4.69) is 0 Å². The second-order valence-electron chi connectivity index (χ2n) is 4.76. The van der Waals surface area contributed by atoms with Crippen LogP contribution in [0.25, 0.3) is 0 Å². The van der Waals surface area contributed by atoms with Gasteiger partial charge in [-0.15, -0.1) is 0 Å². The van der Waals surface area contributed by atoms with Crippen molar-refractivity contribution in [2.45, 2.75) is 12.2 Å². The summed E-state index contributed by atoms with van der Waals surface area (Å²) in [5.74, 6) is -0.226. The molecule has 1 fully saturated rings. The Morgan fingerprint density at radius 3 is 2.10 bits per heavy atom. The summed E-state index contributed by atoms with van der Waals surface area (Å²) in [4.78, 5) is 11.4. The van der Waals surface area contributed by atoms with Crippen molar-refractivity contribution in [2.24, 2.45) is 0 Å². The number of rotatable bonds is 4. The fourth-order valence-electron chi connectivity index (χ4n) is 2.42. The van der Waals surface area contributed by atoms with E-state index < -0.39 is 0 Å². The average molecular weight is 268 g/mol. The standard InChI is InChI=1S/C17H16O3/c18-12-16(13-4-2-1-3-5-13)14-6-8-15(9-7-14)17-19-10-11-20-17/h1-9,12,16-17H,10-11H2. The Hall–Kier alpha value is -1.97. The summed E-state index contributed by atoms with van der Waals surface area (Å²) < 4.78 is 10.9. The molecule has 0 radical (unpaired) electrons. The highest BCUT2D eigenvalue weighted by molar-refractivity contribution is 5.68. The molecule has 0 saturated carbocycles. The molecule has 2 aromatic rings. The second kappa shape index (κ2) is 5.99. The van der Waals surface area contributed by atoms with Crippen LogP contribution in [0.4, 0.5) is 0 Å². The van der Waals surface area contributed by atoms with E-state index >= 15 is 0 Å². The van der Waals surface area contributed by atoms with E-state index in [-0.39, 0.29) is 12.2 Å². The summed E-state index contributed by atoms with van der Waals surface area (Å²) in [6.07, 6.45) is 0.711. The van der Waals surface area contributed by atoms with Crippen LogP contribution in [0.3, 0.4) is 0 Å². The topological polar surface area (TPSA) is 35.5 Å². The van der Waals surface area contributed by atoms with Gasteiger partial charge < -0.3 is 14.3 Å². The van der Waals surface area contributed by atoms with Crippen molar-refractivity contribution < 1.29 is 14.3 Å². The summed E-state index contributed by atoms with van der Waals surface area (Å²) in [6.45, 7) is 1.26. The van der Waals surface area contributed by atoms with Gasteiger partial charge in [0, 0.05) is 5.56 Å². The Kier molecular flexibility index (Phi) is 3.90. The smallest absolute Gasteiger partial charge is 0.184 e. The van der Waals surface area contributed by atoms with E-state index in [0.29, 0.717) is 13.2 Å². The third-order valence-electron chi connectivity index (χ3n) is 3.48. The lowest BCUT2D eigenvalue weighted by Crippen LogP contribution is -2.03. The molecule has 0 amide bonds. The Bertz CT molecular complexity index is 557. The first-order chi connectivity index (χ1) is 9.88. The van der Waals surface area contributed by atoms with Gasteiger partial charge in [0.2, 0.25) is 0 Å². The van der Waals surface area contributed by atoms with Gasteiger partial charge in [-0.3, -0.25) is 0 Å². The zero-order valence-corrected chi connectivity index (χ0v) is 11.1. The maximum absolute atomic E-state index is 11.4. The van der Waals surface area contributed by atoms with Crippen molar-refractivity contribution in [3.05, 3.63) is 71.3 Å². The molecule has 20 heavy (non-hydrogen) atoms. The number of ether oxygens (including phenoxy) is 2. The highest BCUT2D eigenvalue weighted by Crippen LogP contribution is 2.27. The van der Waals surface area contributed by atoms with E-state index in [4.69, 9.17) is 9.47 Å². The van der Waals surface area contributed by atoms with Crippen LogP contribution in [-0.4, -0.2) is 19.5 Å². The highest BCUT2D eigenvalue weighted by Gasteiger charge is 2.19. The molecule has 0 aromatic heterocycles. The SMILES string of the molecule is O=CC(c1ccccc1)c1ccc(C2OCCO2)cc1. The van der Waals surface area contributed by atoms with Crippen LogP contribution in [0, 0.1) is 0 Å². The van der Waals surface area contributed by atoms with Gasteiger partial charge in [-0.2, -0.15) is 0 Å². The molecule has 102 valence electrons. The van der Waals surface area contributed by atoms with Gasteiger partial charge in [0.05, 0.1) is 19.1 Å². The molecule has 1 unspecified atom stereocenters. The molecule has 3 rings (SSSR count). The minimum Gasteiger partial charge on any atom is -0.346 e. The molecule has 1 aliphatic rings. The molecule has 3 heteroatoms. The Balaban J connectivity index is 1.84. The molecule has 1 atom stereocenters. The second-order valence-corrected chi connectivity index (χ2v) is 4.76. The van der Waals surface area contributed by atoms with Crippen LogP contribution in [0.1, 0.15) is 28.9 Å². The lowest BCUT2D eigenvalue weighted by Gasteiger charge is -2.13. The van der Waals surface area contributed by atoms with Gasteiger partial charge >= 0.3 is 0 Å². The number of benzene rings is 2. The van der Waals surface area contributed by atoms with E-state index in [0.717, 1.165) is 23.0 Å². The Morgan fingerprint density at radius 1 is 0.900 bits per heavy atom. The first-order valence-electron chi connectivity index (χ1n) is 6.72. The third-order valence-corrected chi connectivity index (χ3v) is 3.48. The van der Waals surface area contributed by atoms with E-state index in [1.54, 1.807) is 0 Å². The number of hydrogen-bond acceptors (Lipinski definition) is 3. The average Bonchev–Trinajstić information content (AvgIpc) is 3.04. The Morgan fingerprint density at radius 2 is 1.50 bits per heavy atom. The van der Waals surface area contributed by atoms with Crippen molar-refractivity contribution in [1.82, 2.24) is 0 Å². The van der Waals surface area contributed by atoms with Gasteiger partial charge in [0.15, 0.2) is 6.29 Å². The van der Waals surface area contributed by atoms with Crippen LogP contribution in [0.5, 0.6) is 0 Å². The van der Waals surface area contributed by atoms with E-state index in [1.165, 1.54) is 0 Å². The fraction of sp³-hybridized carbons (Fsp3) is 0.235. The summed E-state index contributed by atoms with van der Waals surface area (Å²) in [5, 5.41) is 0. The summed E-state index contributed by atoms with van der Waals surface area (Å²) >= 11 is 0. The van der Waals surface area contributed by atoms with Gasteiger partial charge in [-0.05, 0) is 11.1 Å². The van der Waals surface area contributed by atoms with E-state index in [9.17, 15) is 4.79 Å². The number of carbonyl (C=O) groups is 1. The quantitative estimate of drug-likeness (QED) is 0.799. The lowest BCUT2D eigenvalue weighted by atomic mass is 9.92. The first kappa shape index (κ1) is 13.0. The van der Waals surface area contributed by atoms with Crippen molar-refractivity contribution in [1.29, 1.82) is 0 Å². The van der Waals surface area contributed by atoms with Crippen molar-refractivity contribution in [2.75, 3.05) is 13.2 Å². The molecular formula is C17H16O3. The predicted molar refractivity (Wildman–Crippen MR) is 75.4 cm³/mol. The zero-order chi connectivity index (χ0) is 13.8. The summed E-state index contributed by atoms with van der Waals surface area (Å²) in [7, 11) is 0. The molecule has 0 N–H and O–H groups in total. The third kappa shape index (κ3) is 2.64. The Labute approximate surface area is 118 Å². The molecule has 1 aliphatic heterocycles. The van der Waals surface area contributed by atoms with Crippen LogP contribution in [-0.2, 0) is 14.3 Å². The van der Waals surface area contributed by atoms with Gasteiger partial charge in [0.1, 0.15) is 6.29 Å². The van der Waals surface area contributed by atoms with Gasteiger partial charge in [-0.25, -0.2) is 0 Å². The molecular weight excluding hydrogens is 252 g/mol. The number of hydrogen-bond donors (Lipinski definition) is 0. The van der Waals surface area contributed by atoms with E-state index in [1.807, 2.05) is 54.6 Å². The summed E-state index contributed by atoms with van der Waals surface area (Å²) in [6, 6.07) is 17.6. The molecule has 0 spiro atoms. The van der Waals surface area contributed by atoms with Crippen molar-refractivity contribution in [3.63, 3.8) is 0 Å². The maximum Gasteiger partial charge on any atom is 0.184 e. The van der Waals surface area contributed by atoms with Crippen molar-refractivity contribution >= 4 is 6.29 Å². The van der Waals surface area contributed by atoms with Crippen LogP contribution in [0.2, 0.25) is 0 Å². The molecule has 1 saturated heterocycles. The normalized spacial score (nSPS) is 17.0. The maximum atomic E-state index is 11.4. The zero-order valence-electron chi connectivity index (χ0n) is 11.1. The molecule has 2 aromatic carbocycles. The van der Waals surface area contributed by atoms with Gasteiger partial charge in [0.25, 0.3) is 0 Å². The minimum atomic E-state index is -0.268. The summed E-state index contributed by atoms with van der Waals surface area (Å²) in [5.41, 5.74) is 2.97. The van der Waals surface area contributed by atoms with Crippen LogP contribution < -0.4 is 0 Å². The lowest BCUT2D eigenvalue weighted by molar-refractivity contribution is -0.108. The predicted octanol–water partition coefficient (Wildman–Crippen LogP) is 3.06. The first-order valence-corrected chi connectivity index (χ1v) is 6.72. The minimum absolute atomic E-state index is 0.226. The largest absolute Gasteiger partial charge is 0.346 e. The van der Waals surface area contributed by atoms with Crippen molar-refractivity contribution in [3.8, 4) is 0 Å². The monoisotopic (exact) mass is 268 g/mol. The van der Waals surface area contributed by atoms with Crippen LogP contribution in [0.15, 0.2) is 54.6 Å². The number of aldehydes is 1. The fourth-order valence-corrected chi connectivity index (χ4v) is 2.42. The van der Waals surface area contributed by atoms with Crippen LogP contribution >= 0.6 is 0 Å². The number of carbonyl (C=O) groups excluding carboxylic acids is 1. The highest BCUT2D eigenvalue weighted by atomic mass is 16.7. The van der Waals surface area contributed by atoms with Gasteiger partial charge in [-0.1, -0.05) is 54.6 Å².